The average Bonchev–Trinajstić information content (AvgIpc) is 2.87. The molecular weight excluding hydrogens is 292 g/mol. The van der Waals surface area contributed by atoms with Gasteiger partial charge in [0.25, 0.3) is 0 Å². The fraction of sp³-hybridized carbons (Fsp3) is 0.429. The third kappa shape index (κ3) is 3.21. The number of rotatable bonds is 5. The van der Waals surface area contributed by atoms with E-state index >= 15 is 0 Å². The number of aromatic nitrogens is 4. The van der Waals surface area contributed by atoms with Crippen LogP contribution in [0, 0.1) is 12.8 Å². The standard InChI is InChI=1S/C14H17ClN4O2/c1-8(2)11(7-12(20)21)19-14(16-17-18-19)10-6-4-5-9(3)13(10)15/h4-6,8,11H,7H2,1-3H3,(H,20,21). The largest absolute Gasteiger partial charge is 0.481 e. The van der Waals surface area contributed by atoms with Gasteiger partial charge in [-0.15, -0.1) is 5.10 Å². The van der Waals surface area contributed by atoms with Gasteiger partial charge in [-0.3, -0.25) is 4.79 Å². The van der Waals surface area contributed by atoms with Crippen molar-refractivity contribution < 1.29 is 9.90 Å². The molecule has 0 aliphatic heterocycles. The van der Waals surface area contributed by atoms with Crippen LogP contribution in [0.15, 0.2) is 18.2 Å². The molecule has 21 heavy (non-hydrogen) atoms. The quantitative estimate of drug-likeness (QED) is 0.918. The summed E-state index contributed by atoms with van der Waals surface area (Å²) in [5.74, 6) is -0.318. The van der Waals surface area contributed by atoms with Gasteiger partial charge in [-0.2, -0.15) is 0 Å². The van der Waals surface area contributed by atoms with E-state index in [9.17, 15) is 4.79 Å². The van der Waals surface area contributed by atoms with Gasteiger partial charge < -0.3 is 5.11 Å². The molecular formula is C14H17ClN4O2. The van der Waals surface area contributed by atoms with Gasteiger partial charge in [-0.1, -0.05) is 37.6 Å². The van der Waals surface area contributed by atoms with Crippen molar-refractivity contribution in [3.63, 3.8) is 0 Å². The Bertz CT molecular complexity index is 654. The lowest BCUT2D eigenvalue weighted by Gasteiger charge is -2.20. The summed E-state index contributed by atoms with van der Waals surface area (Å²) < 4.78 is 1.56. The molecule has 0 fully saturated rings. The third-order valence-electron chi connectivity index (χ3n) is 3.39. The second-order valence-electron chi connectivity index (χ2n) is 5.29. The van der Waals surface area contributed by atoms with Crippen molar-refractivity contribution in [2.75, 3.05) is 0 Å². The van der Waals surface area contributed by atoms with Crippen molar-refractivity contribution in [3.05, 3.63) is 28.8 Å². The Hall–Kier alpha value is -1.95. The number of carboxylic acids is 1. The van der Waals surface area contributed by atoms with Crippen molar-refractivity contribution >= 4 is 17.6 Å². The van der Waals surface area contributed by atoms with E-state index in [0.29, 0.717) is 16.4 Å². The molecule has 0 saturated heterocycles. The Morgan fingerprint density at radius 1 is 1.43 bits per heavy atom. The molecule has 0 aliphatic carbocycles. The van der Waals surface area contributed by atoms with Crippen LogP contribution in [0.4, 0.5) is 0 Å². The molecule has 1 heterocycles. The van der Waals surface area contributed by atoms with Crippen LogP contribution in [0.25, 0.3) is 11.4 Å². The number of halogens is 1. The zero-order chi connectivity index (χ0) is 15.6. The Morgan fingerprint density at radius 3 is 2.76 bits per heavy atom. The zero-order valence-corrected chi connectivity index (χ0v) is 12.9. The number of aryl methyl sites for hydroxylation is 1. The smallest absolute Gasteiger partial charge is 0.305 e. The molecule has 6 nitrogen and oxygen atoms in total. The van der Waals surface area contributed by atoms with Gasteiger partial charge in [0.1, 0.15) is 0 Å². The van der Waals surface area contributed by atoms with Gasteiger partial charge in [-0.25, -0.2) is 4.68 Å². The number of aliphatic carboxylic acids is 1. The molecule has 1 atom stereocenters. The summed E-state index contributed by atoms with van der Waals surface area (Å²) in [6.07, 6.45) is -0.0425. The number of nitrogens with zero attached hydrogens (tertiary/aromatic N) is 4. The zero-order valence-electron chi connectivity index (χ0n) is 12.1. The molecule has 0 saturated carbocycles. The summed E-state index contributed by atoms with van der Waals surface area (Å²) in [6, 6.07) is 5.27. The van der Waals surface area contributed by atoms with Crippen molar-refractivity contribution in [3.8, 4) is 11.4 Å². The molecule has 112 valence electrons. The van der Waals surface area contributed by atoms with Crippen molar-refractivity contribution in [1.82, 2.24) is 20.2 Å². The molecule has 1 aromatic heterocycles. The minimum atomic E-state index is -0.884. The van der Waals surface area contributed by atoms with Crippen molar-refractivity contribution in [1.29, 1.82) is 0 Å². The maximum atomic E-state index is 11.1. The minimum Gasteiger partial charge on any atom is -0.481 e. The van der Waals surface area contributed by atoms with E-state index in [1.165, 1.54) is 0 Å². The SMILES string of the molecule is Cc1cccc(-c2nnnn2C(CC(=O)O)C(C)C)c1Cl. The lowest BCUT2D eigenvalue weighted by Crippen LogP contribution is -2.21. The van der Waals surface area contributed by atoms with Crippen LogP contribution in [0.1, 0.15) is 31.9 Å². The van der Waals surface area contributed by atoms with E-state index in [4.69, 9.17) is 16.7 Å². The third-order valence-corrected chi connectivity index (χ3v) is 3.89. The molecule has 0 bridgehead atoms. The first-order valence-corrected chi connectivity index (χ1v) is 7.04. The van der Waals surface area contributed by atoms with E-state index in [2.05, 4.69) is 15.5 Å². The highest BCUT2D eigenvalue weighted by Gasteiger charge is 2.25. The molecule has 7 heteroatoms. The fourth-order valence-corrected chi connectivity index (χ4v) is 2.41. The summed E-state index contributed by atoms with van der Waals surface area (Å²) in [4.78, 5) is 11.1. The maximum absolute atomic E-state index is 11.1. The topological polar surface area (TPSA) is 80.9 Å². The van der Waals surface area contributed by atoms with Crippen LogP contribution in [0.3, 0.4) is 0 Å². The number of tetrazole rings is 1. The number of carbonyl (C=O) groups is 1. The molecule has 1 N–H and O–H groups in total. The minimum absolute atomic E-state index is 0.0425. The number of hydrogen-bond acceptors (Lipinski definition) is 4. The van der Waals surface area contributed by atoms with E-state index in [1.54, 1.807) is 4.68 Å². The number of hydrogen-bond donors (Lipinski definition) is 1. The van der Waals surface area contributed by atoms with Gasteiger partial charge in [0.15, 0.2) is 5.82 Å². The van der Waals surface area contributed by atoms with Gasteiger partial charge in [0.2, 0.25) is 0 Å². The molecule has 0 aliphatic rings. The highest BCUT2D eigenvalue weighted by atomic mass is 35.5. The van der Waals surface area contributed by atoms with Crippen molar-refractivity contribution in [2.45, 2.75) is 33.2 Å². The summed E-state index contributed by atoms with van der Waals surface area (Å²) >= 11 is 6.32. The van der Waals surface area contributed by atoms with E-state index < -0.39 is 5.97 Å². The summed E-state index contributed by atoms with van der Waals surface area (Å²) in [5, 5.41) is 21.3. The lowest BCUT2D eigenvalue weighted by molar-refractivity contribution is -0.138. The van der Waals surface area contributed by atoms with Crippen LogP contribution in [-0.2, 0) is 4.79 Å². The number of benzene rings is 1. The molecule has 2 rings (SSSR count). The second kappa shape index (κ2) is 6.22. The van der Waals surface area contributed by atoms with Crippen LogP contribution in [0.5, 0.6) is 0 Å². The lowest BCUT2D eigenvalue weighted by atomic mass is 10.0. The predicted molar refractivity (Wildman–Crippen MR) is 79.1 cm³/mol. The highest BCUT2D eigenvalue weighted by molar-refractivity contribution is 6.33. The van der Waals surface area contributed by atoms with Gasteiger partial charge >= 0.3 is 5.97 Å². The normalized spacial score (nSPS) is 12.6. The summed E-state index contributed by atoms with van der Waals surface area (Å²) in [6.45, 7) is 5.78. The Morgan fingerprint density at radius 2 is 2.14 bits per heavy atom. The molecule has 0 spiro atoms. The molecule has 0 radical (unpaired) electrons. The van der Waals surface area contributed by atoms with Gasteiger partial charge in [0.05, 0.1) is 17.5 Å². The Labute approximate surface area is 127 Å². The first kappa shape index (κ1) is 15.4. The molecule has 2 aromatic rings. The van der Waals surface area contributed by atoms with Crippen LogP contribution in [-0.4, -0.2) is 31.3 Å². The first-order valence-electron chi connectivity index (χ1n) is 6.67. The van der Waals surface area contributed by atoms with Crippen molar-refractivity contribution in [2.24, 2.45) is 5.92 Å². The second-order valence-corrected chi connectivity index (χ2v) is 5.67. The summed E-state index contributed by atoms with van der Waals surface area (Å²) in [5.41, 5.74) is 1.63. The first-order chi connectivity index (χ1) is 9.91. The number of carboxylic acid groups (broad SMARTS) is 1. The van der Waals surface area contributed by atoms with E-state index in [0.717, 1.165) is 5.56 Å². The average molecular weight is 309 g/mol. The fourth-order valence-electron chi connectivity index (χ4n) is 2.20. The summed E-state index contributed by atoms with van der Waals surface area (Å²) in [7, 11) is 0. The molecule has 1 unspecified atom stereocenters. The maximum Gasteiger partial charge on any atom is 0.305 e. The van der Waals surface area contributed by atoms with Gasteiger partial charge in [-0.05, 0) is 34.9 Å². The van der Waals surface area contributed by atoms with Crippen LogP contribution < -0.4 is 0 Å². The van der Waals surface area contributed by atoms with E-state index in [-0.39, 0.29) is 18.4 Å². The molecule has 1 aromatic carbocycles. The van der Waals surface area contributed by atoms with Crippen LogP contribution in [0.2, 0.25) is 5.02 Å². The van der Waals surface area contributed by atoms with Gasteiger partial charge in [0, 0.05) is 5.56 Å². The van der Waals surface area contributed by atoms with E-state index in [1.807, 2.05) is 39.0 Å². The predicted octanol–water partition coefficient (Wildman–Crippen LogP) is 2.97. The Balaban J connectivity index is 2.51. The molecule has 0 amide bonds. The highest BCUT2D eigenvalue weighted by Crippen LogP contribution is 2.32. The monoisotopic (exact) mass is 308 g/mol. The Kier molecular flexibility index (Phi) is 4.57. The van der Waals surface area contributed by atoms with Crippen LogP contribution >= 0.6 is 11.6 Å².